The van der Waals surface area contributed by atoms with Gasteiger partial charge in [-0.3, -0.25) is 4.57 Å². The minimum absolute atomic E-state index is 0.0122. The monoisotopic (exact) mass is 590 g/mol. The van der Waals surface area contributed by atoms with Crippen molar-refractivity contribution in [2.75, 3.05) is 0 Å². The zero-order valence-electron chi connectivity index (χ0n) is 27.0. The average Bonchev–Trinajstić information content (AvgIpc) is 3.49. The van der Waals surface area contributed by atoms with Crippen LogP contribution in [0, 0.1) is 27.7 Å². The van der Waals surface area contributed by atoms with Crippen LogP contribution in [-0.4, -0.2) is 19.3 Å². The molecule has 0 aliphatic heterocycles. The summed E-state index contributed by atoms with van der Waals surface area (Å²) in [6.07, 6.45) is 1.87. The highest BCUT2D eigenvalue weighted by Crippen LogP contribution is 2.40. The predicted molar refractivity (Wildman–Crippen MR) is 185 cm³/mol. The third kappa shape index (κ3) is 4.98. The Morgan fingerprint density at radius 3 is 2.22 bits per heavy atom. The summed E-state index contributed by atoms with van der Waals surface area (Å²) in [6, 6.07) is 33.7. The largest absolute Gasteiger partial charge is 0.457 e. The number of fused-ring (bicyclic) bond motifs is 3. The molecule has 0 aliphatic rings. The Kier molecular flexibility index (Phi) is 6.85. The third-order valence-corrected chi connectivity index (χ3v) is 8.70. The highest BCUT2D eigenvalue weighted by Gasteiger charge is 2.25. The van der Waals surface area contributed by atoms with E-state index in [2.05, 4.69) is 126 Å². The molecule has 0 amide bonds. The van der Waals surface area contributed by atoms with Crippen LogP contribution in [0.3, 0.4) is 0 Å². The maximum Gasteiger partial charge on any atom is 0.137 e. The van der Waals surface area contributed by atoms with Crippen LogP contribution in [0.1, 0.15) is 48.8 Å². The van der Waals surface area contributed by atoms with Gasteiger partial charge in [0.15, 0.2) is 0 Å². The number of nitrogens with zero attached hydrogens (tertiary/aromatic N) is 4. The fourth-order valence-electron chi connectivity index (χ4n) is 6.60. The molecule has 5 nitrogen and oxygen atoms in total. The fourth-order valence-corrected chi connectivity index (χ4v) is 6.60. The first-order chi connectivity index (χ1) is 21.6. The maximum absolute atomic E-state index is 6.53. The second kappa shape index (κ2) is 10.8. The molecule has 0 N–H and O–H groups in total. The number of aromatic nitrogens is 4. The topological polar surface area (TPSA) is 44.9 Å². The van der Waals surface area contributed by atoms with Crippen molar-refractivity contribution >= 4 is 21.8 Å². The maximum atomic E-state index is 6.53. The summed E-state index contributed by atoms with van der Waals surface area (Å²) in [5, 5.41) is 7.39. The molecule has 7 aromatic rings. The predicted octanol–water partition coefficient (Wildman–Crippen LogP) is 10.4. The van der Waals surface area contributed by atoms with Gasteiger partial charge in [0.1, 0.15) is 17.3 Å². The van der Waals surface area contributed by atoms with Gasteiger partial charge in [0.2, 0.25) is 0 Å². The van der Waals surface area contributed by atoms with Crippen molar-refractivity contribution in [1.29, 1.82) is 0 Å². The molecule has 3 aromatic heterocycles. The minimum atomic E-state index is 0.0122. The van der Waals surface area contributed by atoms with E-state index in [9.17, 15) is 0 Å². The van der Waals surface area contributed by atoms with Crippen molar-refractivity contribution in [3.8, 4) is 34.1 Å². The first-order valence-corrected chi connectivity index (χ1v) is 15.5. The SMILES string of the molecule is Cc1ccnc(-n2c3ccccc3c3ccc(Oc4cccc(-n5nc(C)c(-c6c(C)cccc6C(C)(C)C)c5C)c4)cc32)c1. The lowest BCUT2D eigenvalue weighted by molar-refractivity contribution is 0.482. The molecule has 0 spiro atoms. The highest BCUT2D eigenvalue weighted by molar-refractivity contribution is 6.09. The van der Waals surface area contributed by atoms with E-state index < -0.39 is 0 Å². The van der Waals surface area contributed by atoms with E-state index in [0.717, 1.165) is 50.8 Å². The molecule has 7 rings (SSSR count). The van der Waals surface area contributed by atoms with E-state index in [1.54, 1.807) is 0 Å². The second-order valence-corrected chi connectivity index (χ2v) is 13.0. The number of hydrogen-bond donors (Lipinski definition) is 0. The van der Waals surface area contributed by atoms with E-state index in [4.69, 9.17) is 14.8 Å². The van der Waals surface area contributed by atoms with E-state index in [-0.39, 0.29) is 5.41 Å². The van der Waals surface area contributed by atoms with Gasteiger partial charge in [-0.2, -0.15) is 5.10 Å². The Morgan fingerprint density at radius 2 is 1.42 bits per heavy atom. The molecule has 224 valence electrons. The number of benzene rings is 4. The van der Waals surface area contributed by atoms with Gasteiger partial charge in [0.25, 0.3) is 0 Å². The van der Waals surface area contributed by atoms with Crippen molar-refractivity contribution in [3.63, 3.8) is 0 Å². The Balaban J connectivity index is 1.29. The third-order valence-electron chi connectivity index (χ3n) is 8.70. The van der Waals surface area contributed by atoms with Crippen LogP contribution >= 0.6 is 0 Å². The smallest absolute Gasteiger partial charge is 0.137 e. The fraction of sp³-hybridized carbons (Fsp3) is 0.200. The van der Waals surface area contributed by atoms with E-state index in [1.165, 1.54) is 33.2 Å². The van der Waals surface area contributed by atoms with Crippen molar-refractivity contribution in [3.05, 3.63) is 131 Å². The molecular formula is C40H38N4O. The zero-order chi connectivity index (χ0) is 31.5. The molecule has 45 heavy (non-hydrogen) atoms. The van der Waals surface area contributed by atoms with E-state index >= 15 is 0 Å². The van der Waals surface area contributed by atoms with Gasteiger partial charge in [-0.15, -0.1) is 0 Å². The molecule has 0 fully saturated rings. The van der Waals surface area contributed by atoms with Gasteiger partial charge >= 0.3 is 0 Å². The van der Waals surface area contributed by atoms with Crippen LogP contribution in [-0.2, 0) is 5.41 Å². The summed E-state index contributed by atoms with van der Waals surface area (Å²) in [6.45, 7) is 15.4. The van der Waals surface area contributed by atoms with Crippen LogP contribution in [0.15, 0.2) is 103 Å². The molecule has 3 heterocycles. The first-order valence-electron chi connectivity index (χ1n) is 15.5. The lowest BCUT2D eigenvalue weighted by Gasteiger charge is -2.24. The van der Waals surface area contributed by atoms with E-state index in [1.807, 2.05) is 35.1 Å². The molecule has 0 radical (unpaired) electrons. The van der Waals surface area contributed by atoms with Crippen molar-refractivity contribution in [1.82, 2.24) is 19.3 Å². The number of ether oxygens (including phenoxy) is 1. The van der Waals surface area contributed by atoms with Gasteiger partial charge in [-0.25, -0.2) is 9.67 Å². The Hall–Kier alpha value is -5.16. The number of pyridine rings is 1. The standard InChI is InChI=1S/C40H38N4O/c1-25-20-21-41-37(22-25)43-35-17-9-8-15-32(35)33-19-18-31(24-36(33)43)45-30-14-11-13-29(23-30)44-28(4)39(27(3)42-44)38-26(2)12-10-16-34(38)40(5,6)7/h8-24H,1-7H3. The van der Waals surface area contributed by atoms with Crippen LogP contribution in [0.4, 0.5) is 0 Å². The molecule has 0 atom stereocenters. The summed E-state index contributed by atoms with van der Waals surface area (Å²) in [5.41, 5.74) is 11.5. The molecule has 0 saturated heterocycles. The molecule has 0 saturated carbocycles. The van der Waals surface area contributed by atoms with Crippen molar-refractivity contribution < 1.29 is 4.74 Å². The Morgan fingerprint density at radius 1 is 0.667 bits per heavy atom. The molecule has 0 unspecified atom stereocenters. The number of aryl methyl sites for hydroxylation is 3. The van der Waals surface area contributed by atoms with Gasteiger partial charge in [-0.1, -0.05) is 63.2 Å². The van der Waals surface area contributed by atoms with Gasteiger partial charge in [-0.05, 0) is 97.8 Å². The van der Waals surface area contributed by atoms with Crippen LogP contribution in [0.5, 0.6) is 11.5 Å². The minimum Gasteiger partial charge on any atom is -0.457 e. The van der Waals surface area contributed by atoms with Gasteiger partial charge in [0.05, 0.1) is 22.4 Å². The quantitative estimate of drug-likeness (QED) is 0.200. The summed E-state index contributed by atoms with van der Waals surface area (Å²) < 4.78 is 10.8. The highest BCUT2D eigenvalue weighted by atomic mass is 16.5. The van der Waals surface area contributed by atoms with Crippen LogP contribution < -0.4 is 4.74 Å². The Bertz CT molecular complexity index is 2230. The normalized spacial score (nSPS) is 11.9. The molecule has 4 aromatic carbocycles. The average molecular weight is 591 g/mol. The summed E-state index contributed by atoms with van der Waals surface area (Å²) in [7, 11) is 0. The van der Waals surface area contributed by atoms with Crippen LogP contribution in [0.25, 0.3) is 44.4 Å². The number of para-hydroxylation sites is 1. The molecule has 5 heteroatoms. The lowest BCUT2D eigenvalue weighted by Crippen LogP contribution is -2.13. The van der Waals surface area contributed by atoms with Gasteiger partial charge in [0, 0.05) is 40.4 Å². The van der Waals surface area contributed by atoms with Crippen LogP contribution in [0.2, 0.25) is 0 Å². The lowest BCUT2D eigenvalue weighted by atomic mass is 9.80. The summed E-state index contributed by atoms with van der Waals surface area (Å²) in [5.74, 6) is 2.41. The summed E-state index contributed by atoms with van der Waals surface area (Å²) in [4.78, 5) is 4.72. The van der Waals surface area contributed by atoms with Gasteiger partial charge < -0.3 is 4.74 Å². The second-order valence-electron chi connectivity index (χ2n) is 13.0. The van der Waals surface area contributed by atoms with Crippen molar-refractivity contribution in [2.45, 2.75) is 53.9 Å². The van der Waals surface area contributed by atoms with E-state index in [0.29, 0.717) is 0 Å². The summed E-state index contributed by atoms with van der Waals surface area (Å²) >= 11 is 0. The number of rotatable bonds is 5. The molecule has 0 aliphatic carbocycles. The number of hydrogen-bond acceptors (Lipinski definition) is 3. The molecule has 0 bridgehead atoms. The first kappa shape index (κ1) is 28.6. The zero-order valence-corrected chi connectivity index (χ0v) is 27.0. The Labute approximate surface area is 264 Å². The van der Waals surface area contributed by atoms with Crippen molar-refractivity contribution in [2.24, 2.45) is 0 Å². The molecular weight excluding hydrogens is 552 g/mol.